The second-order valence-corrected chi connectivity index (χ2v) is 11.0. The highest BCUT2D eigenvalue weighted by atomic mass is 16.5. The third-order valence-corrected chi connectivity index (χ3v) is 8.77. The van der Waals surface area contributed by atoms with Gasteiger partial charge in [-0.2, -0.15) is 0 Å². The minimum atomic E-state index is -0.0102. The Balaban J connectivity index is 1.49. The lowest BCUT2D eigenvalue weighted by molar-refractivity contribution is -0.153. The van der Waals surface area contributed by atoms with Crippen LogP contribution in [0.15, 0.2) is 73.8 Å². The fraction of sp³-hybridized carbons (Fsp3) is 0.500. The predicted molar refractivity (Wildman–Crippen MR) is 151 cm³/mol. The number of benzene rings is 2. The van der Waals surface area contributed by atoms with E-state index in [1.807, 2.05) is 12.2 Å². The van der Waals surface area contributed by atoms with Gasteiger partial charge in [0.2, 0.25) is 0 Å². The van der Waals surface area contributed by atoms with Crippen LogP contribution in [0, 0.1) is 23.7 Å². The van der Waals surface area contributed by atoms with Gasteiger partial charge in [0.05, 0.1) is 5.92 Å². The van der Waals surface area contributed by atoms with E-state index in [4.69, 9.17) is 4.74 Å². The zero-order valence-electron chi connectivity index (χ0n) is 22.2. The van der Waals surface area contributed by atoms with E-state index in [-0.39, 0.29) is 17.8 Å². The maximum Gasteiger partial charge on any atom is 0.309 e. The summed E-state index contributed by atoms with van der Waals surface area (Å²) in [5, 5.41) is 0. The van der Waals surface area contributed by atoms with Crippen molar-refractivity contribution < 1.29 is 9.53 Å². The number of carbonyl (C=O) groups excluding carboxylic acids is 1. The van der Waals surface area contributed by atoms with Gasteiger partial charge in [0.15, 0.2) is 0 Å². The van der Waals surface area contributed by atoms with Gasteiger partial charge in [0.1, 0.15) is 6.61 Å². The van der Waals surface area contributed by atoms with E-state index in [1.54, 1.807) is 0 Å². The molecule has 1 saturated carbocycles. The lowest BCUT2D eigenvalue weighted by atomic mass is 9.66. The normalized spacial score (nSPS) is 20.7. The molecular formula is C34H44O2. The molecule has 4 unspecified atom stereocenters. The topological polar surface area (TPSA) is 26.3 Å². The Hall–Kier alpha value is -2.61. The Morgan fingerprint density at radius 2 is 1.44 bits per heavy atom. The molecule has 0 aliphatic heterocycles. The zero-order valence-corrected chi connectivity index (χ0v) is 22.2. The maximum absolute atomic E-state index is 13.8. The van der Waals surface area contributed by atoms with Crippen LogP contribution in [0.1, 0.15) is 88.2 Å². The summed E-state index contributed by atoms with van der Waals surface area (Å²) in [7, 11) is 0. The Labute approximate surface area is 218 Å². The molecule has 2 aliphatic carbocycles. The van der Waals surface area contributed by atoms with Crippen LogP contribution < -0.4 is 0 Å². The Bertz CT molecular complexity index is 976. The molecule has 2 aliphatic rings. The number of rotatable bonds is 13. The molecule has 0 N–H and O–H groups in total. The van der Waals surface area contributed by atoms with E-state index >= 15 is 0 Å². The number of hydrogen-bond donors (Lipinski definition) is 0. The molecule has 0 bridgehead atoms. The number of ether oxygens (including phenoxy) is 1. The Morgan fingerprint density at radius 3 is 2.06 bits per heavy atom. The van der Waals surface area contributed by atoms with Gasteiger partial charge in [-0.05, 0) is 85.0 Å². The quantitative estimate of drug-likeness (QED) is 0.161. The molecule has 4 atom stereocenters. The van der Waals surface area contributed by atoms with Gasteiger partial charge >= 0.3 is 5.97 Å². The van der Waals surface area contributed by atoms with E-state index in [0.717, 1.165) is 32.1 Å². The molecular weight excluding hydrogens is 440 g/mol. The Morgan fingerprint density at radius 1 is 0.889 bits per heavy atom. The highest BCUT2D eigenvalue weighted by Gasteiger charge is 2.39. The minimum Gasteiger partial charge on any atom is -0.464 e. The second-order valence-electron chi connectivity index (χ2n) is 11.0. The molecule has 0 saturated heterocycles. The number of carbonyl (C=O) groups is 1. The van der Waals surface area contributed by atoms with E-state index in [9.17, 15) is 4.79 Å². The van der Waals surface area contributed by atoms with Crippen molar-refractivity contribution in [1.82, 2.24) is 0 Å². The highest BCUT2D eigenvalue weighted by Crippen LogP contribution is 2.46. The van der Waals surface area contributed by atoms with Crippen molar-refractivity contribution in [2.45, 2.75) is 77.0 Å². The van der Waals surface area contributed by atoms with Crippen LogP contribution in [-0.4, -0.2) is 12.6 Å². The first-order valence-electron chi connectivity index (χ1n) is 14.2. The first-order valence-corrected chi connectivity index (χ1v) is 14.2. The molecule has 4 rings (SSSR count). The van der Waals surface area contributed by atoms with E-state index < -0.39 is 0 Å². The number of esters is 1. The van der Waals surface area contributed by atoms with Crippen molar-refractivity contribution in [3.8, 4) is 11.1 Å². The third kappa shape index (κ3) is 6.02. The van der Waals surface area contributed by atoms with Crippen molar-refractivity contribution in [3.05, 3.63) is 85.0 Å². The lowest BCUT2D eigenvalue weighted by Crippen LogP contribution is -2.36. The van der Waals surface area contributed by atoms with Gasteiger partial charge in [-0.1, -0.05) is 86.9 Å². The molecule has 2 heteroatoms. The lowest BCUT2D eigenvalue weighted by Gasteiger charge is -2.39. The summed E-state index contributed by atoms with van der Waals surface area (Å²) < 4.78 is 6.23. The van der Waals surface area contributed by atoms with Crippen LogP contribution in [-0.2, 0) is 9.53 Å². The molecule has 2 aromatic rings. The molecule has 36 heavy (non-hydrogen) atoms. The summed E-state index contributed by atoms with van der Waals surface area (Å²) in [5.74, 6) is 1.81. The first kappa shape index (κ1) is 26.5. The first-order chi connectivity index (χ1) is 17.7. The van der Waals surface area contributed by atoms with Crippen molar-refractivity contribution >= 4 is 5.97 Å². The molecule has 0 amide bonds. The van der Waals surface area contributed by atoms with Crippen molar-refractivity contribution in [3.63, 3.8) is 0 Å². The molecule has 0 heterocycles. The van der Waals surface area contributed by atoms with Gasteiger partial charge in [-0.25, -0.2) is 0 Å². The van der Waals surface area contributed by atoms with Crippen LogP contribution in [0.2, 0.25) is 0 Å². The average molecular weight is 485 g/mol. The summed E-state index contributed by atoms with van der Waals surface area (Å²) >= 11 is 0. The number of hydrogen-bond acceptors (Lipinski definition) is 2. The molecule has 2 aromatic carbocycles. The molecule has 0 aromatic heterocycles. The summed E-state index contributed by atoms with van der Waals surface area (Å²) in [4.78, 5) is 13.8. The van der Waals surface area contributed by atoms with E-state index in [1.165, 1.54) is 54.4 Å². The predicted octanol–water partition coefficient (Wildman–Crippen LogP) is 9.11. The van der Waals surface area contributed by atoms with Gasteiger partial charge < -0.3 is 4.74 Å². The average Bonchev–Trinajstić information content (AvgIpc) is 3.23. The van der Waals surface area contributed by atoms with E-state index in [2.05, 4.69) is 68.6 Å². The van der Waals surface area contributed by atoms with Crippen LogP contribution in [0.5, 0.6) is 0 Å². The summed E-state index contributed by atoms with van der Waals surface area (Å²) in [5.41, 5.74) is 5.11. The summed E-state index contributed by atoms with van der Waals surface area (Å²) in [6, 6.07) is 17.1. The SMILES string of the molecule is C=CCCCC(C)C1CCCCC1C(CCCC=C)C(=O)OCC1c2ccccc2-c2ccccc21. The number of allylic oxidation sites excluding steroid dienone is 2. The van der Waals surface area contributed by atoms with Crippen LogP contribution in [0.3, 0.4) is 0 Å². The standard InChI is InChI=1S/C34H44O2/c1-4-6-8-16-25(3)26-17-10-11-18-27(26)32(23-9-7-5-2)34(35)36-24-33-30-21-14-12-19-28(30)29-20-13-15-22-31(29)33/h4-5,12-15,19-22,25-27,32-33H,1-2,6-11,16-18,23-24H2,3H3. The summed E-state index contributed by atoms with van der Waals surface area (Å²) in [6.07, 6.45) is 15.3. The molecule has 1 fully saturated rings. The smallest absolute Gasteiger partial charge is 0.309 e. The summed E-state index contributed by atoms with van der Waals surface area (Å²) in [6.45, 7) is 10.6. The monoisotopic (exact) mass is 484 g/mol. The van der Waals surface area contributed by atoms with Gasteiger partial charge in [-0.3, -0.25) is 4.79 Å². The van der Waals surface area contributed by atoms with Crippen molar-refractivity contribution in [2.75, 3.05) is 6.61 Å². The zero-order chi connectivity index (χ0) is 25.3. The molecule has 0 radical (unpaired) electrons. The largest absolute Gasteiger partial charge is 0.464 e. The third-order valence-electron chi connectivity index (χ3n) is 8.77. The van der Waals surface area contributed by atoms with Crippen molar-refractivity contribution in [1.29, 1.82) is 0 Å². The van der Waals surface area contributed by atoms with Gasteiger partial charge in [-0.15, -0.1) is 13.2 Å². The fourth-order valence-corrected chi connectivity index (χ4v) is 6.89. The van der Waals surface area contributed by atoms with Crippen molar-refractivity contribution in [2.24, 2.45) is 23.7 Å². The second kappa shape index (κ2) is 13.1. The van der Waals surface area contributed by atoms with Crippen LogP contribution in [0.25, 0.3) is 11.1 Å². The van der Waals surface area contributed by atoms with Gasteiger partial charge in [0.25, 0.3) is 0 Å². The molecule has 2 nitrogen and oxygen atoms in total. The highest BCUT2D eigenvalue weighted by molar-refractivity contribution is 5.79. The van der Waals surface area contributed by atoms with Crippen LogP contribution in [0.4, 0.5) is 0 Å². The Kier molecular flexibility index (Phi) is 9.61. The fourth-order valence-electron chi connectivity index (χ4n) is 6.89. The van der Waals surface area contributed by atoms with Crippen LogP contribution >= 0.6 is 0 Å². The number of unbranched alkanes of at least 4 members (excludes halogenated alkanes) is 2. The molecule has 192 valence electrons. The minimum absolute atomic E-state index is 0.0102. The molecule has 0 spiro atoms. The van der Waals surface area contributed by atoms with E-state index in [0.29, 0.717) is 24.4 Å². The maximum atomic E-state index is 13.8. The number of fused-ring (bicyclic) bond motifs is 3. The van der Waals surface area contributed by atoms with Gasteiger partial charge in [0, 0.05) is 5.92 Å².